The molecule has 1 saturated carbocycles. The van der Waals surface area contributed by atoms with Crippen molar-refractivity contribution in [2.75, 3.05) is 6.61 Å². The van der Waals surface area contributed by atoms with Crippen LogP contribution in [0.15, 0.2) is 12.2 Å². The fourth-order valence-corrected chi connectivity index (χ4v) is 2.02. The summed E-state index contributed by atoms with van der Waals surface area (Å²) in [5.41, 5.74) is 0.689. The Morgan fingerprint density at radius 3 is 2.36 bits per heavy atom. The summed E-state index contributed by atoms with van der Waals surface area (Å²) in [6.45, 7) is 6.14. The Labute approximate surface area is 86.3 Å². The molecule has 0 unspecified atom stereocenters. The minimum Gasteiger partial charge on any atom is -0.463 e. The van der Waals surface area contributed by atoms with E-state index in [1.165, 1.54) is 25.7 Å². The maximum Gasteiger partial charge on any atom is 0.333 e. The molecule has 1 aliphatic rings. The standard InChI is InChI=1S/C12H20O2/c1-3-14-12(13)10(2)11-8-6-4-5-7-9-11/h11H,2-9H2,1H3. The van der Waals surface area contributed by atoms with Crippen LogP contribution in [-0.2, 0) is 9.53 Å². The van der Waals surface area contributed by atoms with Gasteiger partial charge < -0.3 is 4.74 Å². The summed E-state index contributed by atoms with van der Waals surface area (Å²) in [4.78, 5) is 11.4. The van der Waals surface area contributed by atoms with Crippen LogP contribution in [0.3, 0.4) is 0 Å². The van der Waals surface area contributed by atoms with Crippen LogP contribution in [0.1, 0.15) is 45.4 Å². The fourth-order valence-electron chi connectivity index (χ4n) is 2.02. The van der Waals surface area contributed by atoms with Crippen molar-refractivity contribution in [1.29, 1.82) is 0 Å². The molecule has 1 aliphatic carbocycles. The average Bonchev–Trinajstić information content (AvgIpc) is 2.45. The lowest BCUT2D eigenvalue weighted by atomic mass is 9.93. The normalized spacial score (nSPS) is 18.6. The molecule has 0 aromatic heterocycles. The fraction of sp³-hybridized carbons (Fsp3) is 0.750. The monoisotopic (exact) mass is 196 g/mol. The summed E-state index contributed by atoms with van der Waals surface area (Å²) < 4.78 is 4.96. The van der Waals surface area contributed by atoms with Gasteiger partial charge in [0.05, 0.1) is 6.61 Å². The van der Waals surface area contributed by atoms with E-state index in [9.17, 15) is 4.79 Å². The topological polar surface area (TPSA) is 26.3 Å². The number of hydrogen-bond donors (Lipinski definition) is 0. The van der Waals surface area contributed by atoms with Crippen LogP contribution in [-0.4, -0.2) is 12.6 Å². The van der Waals surface area contributed by atoms with Gasteiger partial charge in [-0.15, -0.1) is 0 Å². The predicted molar refractivity (Wildman–Crippen MR) is 57.0 cm³/mol. The Morgan fingerprint density at radius 1 is 1.29 bits per heavy atom. The molecular formula is C12H20O2. The Morgan fingerprint density at radius 2 is 1.86 bits per heavy atom. The van der Waals surface area contributed by atoms with E-state index in [1.54, 1.807) is 0 Å². The van der Waals surface area contributed by atoms with Crippen molar-refractivity contribution in [2.45, 2.75) is 45.4 Å². The third-order valence-electron chi connectivity index (χ3n) is 2.89. The highest BCUT2D eigenvalue weighted by Gasteiger charge is 2.20. The molecule has 0 amide bonds. The molecule has 0 saturated heterocycles. The van der Waals surface area contributed by atoms with Crippen LogP contribution in [0.5, 0.6) is 0 Å². The number of carbonyl (C=O) groups is 1. The van der Waals surface area contributed by atoms with Crippen LogP contribution in [0.4, 0.5) is 0 Å². The largest absolute Gasteiger partial charge is 0.463 e. The van der Waals surface area contributed by atoms with E-state index in [4.69, 9.17) is 4.74 Å². The second-order valence-corrected chi connectivity index (χ2v) is 3.93. The predicted octanol–water partition coefficient (Wildman–Crippen LogP) is 3.08. The van der Waals surface area contributed by atoms with Gasteiger partial charge in [-0.3, -0.25) is 0 Å². The van der Waals surface area contributed by atoms with Gasteiger partial charge in [0.25, 0.3) is 0 Å². The van der Waals surface area contributed by atoms with Crippen molar-refractivity contribution >= 4 is 5.97 Å². The van der Waals surface area contributed by atoms with Crippen molar-refractivity contribution in [3.8, 4) is 0 Å². The number of rotatable bonds is 3. The van der Waals surface area contributed by atoms with Crippen molar-refractivity contribution in [3.05, 3.63) is 12.2 Å². The zero-order chi connectivity index (χ0) is 10.4. The maximum absolute atomic E-state index is 11.4. The lowest BCUT2D eigenvalue weighted by molar-refractivity contribution is -0.139. The molecule has 0 spiro atoms. The maximum atomic E-state index is 11.4. The van der Waals surface area contributed by atoms with Gasteiger partial charge in [0.1, 0.15) is 0 Å². The molecule has 0 aromatic carbocycles. The summed E-state index contributed by atoms with van der Waals surface area (Å²) >= 11 is 0. The number of carbonyl (C=O) groups excluding carboxylic acids is 1. The molecule has 1 rings (SSSR count). The highest BCUT2D eigenvalue weighted by atomic mass is 16.5. The quantitative estimate of drug-likeness (QED) is 0.394. The zero-order valence-corrected chi connectivity index (χ0v) is 9.05. The van der Waals surface area contributed by atoms with E-state index >= 15 is 0 Å². The molecule has 2 heteroatoms. The van der Waals surface area contributed by atoms with Gasteiger partial charge >= 0.3 is 5.97 Å². The van der Waals surface area contributed by atoms with E-state index in [0.717, 1.165) is 12.8 Å². The zero-order valence-electron chi connectivity index (χ0n) is 9.05. The smallest absolute Gasteiger partial charge is 0.333 e. The van der Waals surface area contributed by atoms with Gasteiger partial charge in [-0.2, -0.15) is 0 Å². The minimum absolute atomic E-state index is 0.195. The van der Waals surface area contributed by atoms with Gasteiger partial charge in [0.15, 0.2) is 0 Å². The summed E-state index contributed by atoms with van der Waals surface area (Å²) in [6, 6.07) is 0. The van der Waals surface area contributed by atoms with Gasteiger partial charge in [-0.05, 0) is 25.7 Å². The van der Waals surface area contributed by atoms with Crippen molar-refractivity contribution in [2.24, 2.45) is 5.92 Å². The first-order chi connectivity index (χ1) is 6.75. The van der Waals surface area contributed by atoms with E-state index in [-0.39, 0.29) is 5.97 Å². The van der Waals surface area contributed by atoms with Crippen molar-refractivity contribution < 1.29 is 9.53 Å². The Hall–Kier alpha value is -0.790. The summed E-state index contributed by atoms with van der Waals surface area (Å²) in [5.74, 6) is 0.177. The summed E-state index contributed by atoms with van der Waals surface area (Å²) in [7, 11) is 0. The molecule has 0 atom stereocenters. The molecule has 0 aliphatic heterocycles. The third-order valence-corrected chi connectivity index (χ3v) is 2.89. The van der Waals surface area contributed by atoms with E-state index in [2.05, 4.69) is 6.58 Å². The Kier molecular flexibility index (Phi) is 4.71. The summed E-state index contributed by atoms with van der Waals surface area (Å²) in [6.07, 6.45) is 7.26. The van der Waals surface area contributed by atoms with Crippen LogP contribution >= 0.6 is 0 Å². The lowest BCUT2D eigenvalue weighted by Gasteiger charge is -2.15. The highest BCUT2D eigenvalue weighted by molar-refractivity contribution is 5.88. The SMILES string of the molecule is C=C(C(=O)OCC)C1CCCCCC1. The first-order valence-corrected chi connectivity index (χ1v) is 5.61. The van der Waals surface area contributed by atoms with Crippen LogP contribution in [0, 0.1) is 5.92 Å². The number of ether oxygens (including phenoxy) is 1. The van der Waals surface area contributed by atoms with Gasteiger partial charge in [-0.25, -0.2) is 4.79 Å². The number of hydrogen-bond acceptors (Lipinski definition) is 2. The molecule has 0 heterocycles. The van der Waals surface area contributed by atoms with Gasteiger partial charge in [-0.1, -0.05) is 32.3 Å². The Bertz CT molecular complexity index is 200. The Balaban J connectivity index is 2.45. The lowest BCUT2D eigenvalue weighted by Crippen LogP contribution is -2.14. The number of esters is 1. The third kappa shape index (κ3) is 3.17. The first kappa shape index (κ1) is 11.3. The minimum atomic E-state index is -0.195. The molecule has 0 N–H and O–H groups in total. The van der Waals surface area contributed by atoms with E-state index in [0.29, 0.717) is 18.1 Å². The molecule has 2 nitrogen and oxygen atoms in total. The van der Waals surface area contributed by atoms with Crippen LogP contribution in [0.2, 0.25) is 0 Å². The molecule has 14 heavy (non-hydrogen) atoms. The average molecular weight is 196 g/mol. The van der Waals surface area contributed by atoms with Crippen LogP contribution < -0.4 is 0 Å². The highest BCUT2D eigenvalue weighted by Crippen LogP contribution is 2.28. The second kappa shape index (κ2) is 5.84. The van der Waals surface area contributed by atoms with E-state index < -0.39 is 0 Å². The van der Waals surface area contributed by atoms with Gasteiger partial charge in [0.2, 0.25) is 0 Å². The molecule has 80 valence electrons. The molecule has 0 aromatic rings. The van der Waals surface area contributed by atoms with Crippen molar-refractivity contribution in [1.82, 2.24) is 0 Å². The molecular weight excluding hydrogens is 176 g/mol. The molecule has 0 bridgehead atoms. The van der Waals surface area contributed by atoms with Gasteiger partial charge in [0, 0.05) is 5.57 Å². The van der Waals surface area contributed by atoms with Crippen LogP contribution in [0.25, 0.3) is 0 Å². The van der Waals surface area contributed by atoms with Crippen molar-refractivity contribution in [3.63, 3.8) is 0 Å². The summed E-state index contributed by atoms with van der Waals surface area (Å²) in [5, 5.41) is 0. The molecule has 1 fully saturated rings. The first-order valence-electron chi connectivity index (χ1n) is 5.61. The molecule has 0 radical (unpaired) electrons. The second-order valence-electron chi connectivity index (χ2n) is 3.93. The van der Waals surface area contributed by atoms with E-state index in [1.807, 2.05) is 6.92 Å².